The normalized spacial score (nSPS) is 23.6. The van der Waals surface area contributed by atoms with E-state index in [4.69, 9.17) is 9.47 Å². The summed E-state index contributed by atoms with van der Waals surface area (Å²) in [7, 11) is 0. The zero-order chi connectivity index (χ0) is 30.6. The van der Waals surface area contributed by atoms with Crippen molar-refractivity contribution in [1.82, 2.24) is 4.98 Å². The second-order valence-electron chi connectivity index (χ2n) is 10.5. The van der Waals surface area contributed by atoms with Crippen LogP contribution in [0.15, 0.2) is 42.6 Å². The van der Waals surface area contributed by atoms with Crippen LogP contribution in [0.4, 0.5) is 35.9 Å². The van der Waals surface area contributed by atoms with Gasteiger partial charge in [-0.25, -0.2) is 14.2 Å². The Bertz CT molecular complexity index is 1440. The number of thiazole rings is 1. The Balaban J connectivity index is 1.48. The van der Waals surface area contributed by atoms with Gasteiger partial charge in [-0.2, -0.15) is 26.3 Å². The van der Waals surface area contributed by atoms with Crippen LogP contribution in [0.3, 0.4) is 0 Å². The zero-order valence-electron chi connectivity index (χ0n) is 22.2. The van der Waals surface area contributed by atoms with Crippen LogP contribution < -0.4 is 4.90 Å². The molecule has 0 radical (unpaired) electrons. The molecule has 2 aliphatic heterocycles. The number of hydrogen-bond donors (Lipinski definition) is 1. The van der Waals surface area contributed by atoms with Gasteiger partial charge in [-0.15, -0.1) is 0 Å². The first-order valence-corrected chi connectivity index (χ1v) is 13.7. The fraction of sp³-hybridized carbons (Fsp3) is 0.429. The number of aryl methyl sites for hydroxylation is 1. The molecule has 5 rings (SSSR count). The number of rotatable bonds is 6. The van der Waals surface area contributed by atoms with Crippen LogP contribution in [0.2, 0.25) is 0 Å². The molecule has 0 saturated carbocycles. The van der Waals surface area contributed by atoms with Crippen molar-refractivity contribution >= 4 is 22.4 Å². The van der Waals surface area contributed by atoms with Crippen LogP contribution in [0.25, 0.3) is 0 Å². The van der Waals surface area contributed by atoms with Crippen LogP contribution in [0.1, 0.15) is 56.4 Å². The van der Waals surface area contributed by atoms with Gasteiger partial charge < -0.3 is 19.5 Å². The van der Waals surface area contributed by atoms with E-state index in [9.17, 15) is 40.6 Å². The third-order valence-corrected chi connectivity index (χ3v) is 8.75. The maximum atomic E-state index is 14.0. The maximum absolute atomic E-state index is 14.0. The Morgan fingerprint density at radius 2 is 1.76 bits per heavy atom. The molecule has 1 aromatic heterocycles. The number of carboxylic acid groups (broad SMARTS) is 1. The standard InChI is InChI=1S/C28H25F7N2O4S/c1-13-5-19(29)3-4-20(13)23-21-11-37(26-36-9-22(42-26)24(38)39)10-16(21)12-40-25(23)41-14(2)15-6-17(27(30,31)32)8-18(7-15)28(33,34)35/h3-9,14,16,21,23,25H,10-12H2,1-2H3,(H,38,39)/t14-,16+,21?,23+,25-/m1/s1. The van der Waals surface area contributed by atoms with Gasteiger partial charge >= 0.3 is 18.3 Å². The van der Waals surface area contributed by atoms with Gasteiger partial charge in [0.2, 0.25) is 0 Å². The number of nitrogens with zero attached hydrogens (tertiary/aromatic N) is 2. The molecule has 3 aromatic rings. The first-order valence-electron chi connectivity index (χ1n) is 12.9. The van der Waals surface area contributed by atoms with Gasteiger partial charge in [0, 0.05) is 24.9 Å². The number of fused-ring (bicyclic) bond motifs is 1. The van der Waals surface area contributed by atoms with Crippen molar-refractivity contribution in [3.63, 3.8) is 0 Å². The summed E-state index contributed by atoms with van der Waals surface area (Å²) in [6.45, 7) is 4.08. The van der Waals surface area contributed by atoms with Crippen LogP contribution >= 0.6 is 11.3 Å². The maximum Gasteiger partial charge on any atom is 0.416 e. The van der Waals surface area contributed by atoms with Gasteiger partial charge in [0.15, 0.2) is 11.4 Å². The second kappa shape index (κ2) is 11.1. The van der Waals surface area contributed by atoms with Gasteiger partial charge in [0.25, 0.3) is 0 Å². The van der Waals surface area contributed by atoms with E-state index >= 15 is 0 Å². The lowest BCUT2D eigenvalue weighted by Gasteiger charge is -2.41. The van der Waals surface area contributed by atoms with Gasteiger partial charge in [-0.3, -0.25) is 0 Å². The first-order chi connectivity index (χ1) is 19.6. The van der Waals surface area contributed by atoms with E-state index in [1.54, 1.807) is 13.0 Å². The molecule has 1 unspecified atom stereocenters. The molecular formula is C28H25F7N2O4S. The molecule has 42 heavy (non-hydrogen) atoms. The number of halogens is 7. The van der Waals surface area contributed by atoms with Gasteiger partial charge in [0.1, 0.15) is 10.7 Å². The fourth-order valence-electron chi connectivity index (χ4n) is 5.68. The van der Waals surface area contributed by atoms with E-state index < -0.39 is 53.6 Å². The summed E-state index contributed by atoms with van der Waals surface area (Å²) in [6.07, 6.45) is -11.1. The summed E-state index contributed by atoms with van der Waals surface area (Å²) < 4.78 is 107. The fourth-order valence-corrected chi connectivity index (χ4v) is 6.45. The van der Waals surface area contributed by atoms with E-state index in [1.807, 2.05) is 4.90 Å². The highest BCUT2D eigenvalue weighted by Gasteiger charge is 2.48. The third-order valence-electron chi connectivity index (χ3n) is 7.70. The Morgan fingerprint density at radius 3 is 2.33 bits per heavy atom. The highest BCUT2D eigenvalue weighted by molar-refractivity contribution is 7.17. The number of hydrogen-bond acceptors (Lipinski definition) is 6. The molecule has 0 bridgehead atoms. The minimum absolute atomic E-state index is 0.0596. The molecular weight excluding hydrogens is 593 g/mol. The van der Waals surface area contributed by atoms with Gasteiger partial charge in [-0.1, -0.05) is 17.4 Å². The number of carbonyl (C=O) groups is 1. The third kappa shape index (κ3) is 6.11. The van der Waals surface area contributed by atoms with Gasteiger partial charge in [0.05, 0.1) is 30.0 Å². The smallest absolute Gasteiger partial charge is 0.416 e. The molecule has 0 spiro atoms. The Labute approximate surface area is 239 Å². The largest absolute Gasteiger partial charge is 0.477 e. The number of ether oxygens (including phenoxy) is 2. The monoisotopic (exact) mass is 618 g/mol. The lowest BCUT2D eigenvalue weighted by molar-refractivity contribution is -0.217. The minimum Gasteiger partial charge on any atom is -0.477 e. The number of anilines is 1. The Morgan fingerprint density at radius 1 is 1.10 bits per heavy atom. The van der Waals surface area contributed by atoms with Crippen LogP contribution in [0, 0.1) is 24.6 Å². The highest BCUT2D eigenvalue weighted by atomic mass is 32.1. The van der Waals surface area contributed by atoms with Crippen LogP contribution in [-0.2, 0) is 21.8 Å². The predicted molar refractivity (Wildman–Crippen MR) is 138 cm³/mol. The number of aromatic nitrogens is 1. The van der Waals surface area contributed by atoms with E-state index in [0.29, 0.717) is 41.5 Å². The molecule has 3 heterocycles. The van der Waals surface area contributed by atoms with Gasteiger partial charge in [-0.05, 0) is 66.8 Å². The van der Waals surface area contributed by atoms with Crippen molar-refractivity contribution in [3.05, 3.63) is 81.1 Å². The Kier molecular flexibility index (Phi) is 8.00. The number of alkyl halides is 6. The van der Waals surface area contributed by atoms with Crippen molar-refractivity contribution < 1.29 is 50.1 Å². The molecule has 5 atom stereocenters. The summed E-state index contributed by atoms with van der Waals surface area (Å²) >= 11 is 1.01. The van der Waals surface area contributed by atoms with E-state index in [1.165, 1.54) is 25.3 Å². The zero-order valence-corrected chi connectivity index (χ0v) is 23.0. The number of aromatic carboxylic acids is 1. The summed E-state index contributed by atoms with van der Waals surface area (Å²) in [5.41, 5.74) is -1.99. The van der Waals surface area contributed by atoms with E-state index in [0.717, 1.165) is 11.3 Å². The first kappa shape index (κ1) is 30.2. The lowest BCUT2D eigenvalue weighted by Crippen LogP contribution is -2.42. The molecule has 6 nitrogen and oxygen atoms in total. The summed E-state index contributed by atoms with van der Waals surface area (Å²) in [5, 5.41) is 9.78. The number of carboxylic acids is 1. The quantitative estimate of drug-likeness (QED) is 0.293. The average Bonchev–Trinajstić information content (AvgIpc) is 3.56. The van der Waals surface area contributed by atoms with Crippen molar-refractivity contribution in [3.8, 4) is 0 Å². The molecule has 2 aromatic carbocycles. The van der Waals surface area contributed by atoms with Crippen molar-refractivity contribution in [2.24, 2.45) is 11.8 Å². The molecule has 0 amide bonds. The summed E-state index contributed by atoms with van der Waals surface area (Å²) in [4.78, 5) is 17.6. The molecule has 2 fully saturated rings. The van der Waals surface area contributed by atoms with Crippen molar-refractivity contribution in [2.45, 2.75) is 44.5 Å². The molecule has 2 saturated heterocycles. The summed E-state index contributed by atoms with van der Waals surface area (Å²) in [6, 6.07) is 5.48. The van der Waals surface area contributed by atoms with Crippen molar-refractivity contribution in [2.75, 3.05) is 24.6 Å². The molecule has 2 aliphatic rings. The van der Waals surface area contributed by atoms with E-state index in [-0.39, 0.29) is 34.9 Å². The Hall–Kier alpha value is -3.23. The molecule has 0 aliphatic carbocycles. The topological polar surface area (TPSA) is 71.9 Å². The molecule has 226 valence electrons. The second-order valence-corrected chi connectivity index (χ2v) is 11.5. The summed E-state index contributed by atoms with van der Waals surface area (Å²) in [5.74, 6) is -2.43. The SMILES string of the molecule is Cc1cc(F)ccc1[C@H]1C2CN(c3ncc(C(=O)O)s3)C[C@H]2CO[C@@H]1O[C@H](C)c1cc(C(F)(F)F)cc(C(F)(F)F)c1. The van der Waals surface area contributed by atoms with Crippen molar-refractivity contribution in [1.29, 1.82) is 0 Å². The molecule has 14 heteroatoms. The van der Waals surface area contributed by atoms with E-state index in [2.05, 4.69) is 4.98 Å². The lowest BCUT2D eigenvalue weighted by atomic mass is 9.76. The molecule has 1 N–H and O–H groups in total. The van der Waals surface area contributed by atoms with Crippen LogP contribution in [0.5, 0.6) is 0 Å². The minimum atomic E-state index is -5.01. The highest BCUT2D eigenvalue weighted by Crippen LogP contribution is 2.47. The number of benzene rings is 2. The van der Waals surface area contributed by atoms with Crippen LogP contribution in [-0.4, -0.2) is 42.0 Å². The average molecular weight is 619 g/mol. The predicted octanol–water partition coefficient (Wildman–Crippen LogP) is 7.30.